The number of hydrogen-bond donors (Lipinski definition) is 1. The molecule has 0 atom stereocenters. The van der Waals surface area contributed by atoms with Crippen molar-refractivity contribution in [3.63, 3.8) is 0 Å². The van der Waals surface area contributed by atoms with Crippen LogP contribution in [0.2, 0.25) is 0 Å². The number of rotatable bonds is 3. The molecule has 0 aliphatic rings. The number of amides is 1. The molecular formula is C17H12F3N3O. The van der Waals surface area contributed by atoms with E-state index in [2.05, 4.69) is 10.4 Å². The molecule has 1 amide bonds. The Morgan fingerprint density at radius 2 is 1.54 bits per heavy atom. The van der Waals surface area contributed by atoms with Crippen LogP contribution in [0.15, 0.2) is 66.9 Å². The van der Waals surface area contributed by atoms with Gasteiger partial charge in [0.15, 0.2) is 5.69 Å². The molecule has 1 aromatic heterocycles. The van der Waals surface area contributed by atoms with Crippen LogP contribution in [0.25, 0.3) is 5.69 Å². The Morgan fingerprint density at radius 3 is 2.12 bits per heavy atom. The molecule has 7 heteroatoms. The van der Waals surface area contributed by atoms with Crippen molar-refractivity contribution >= 4 is 11.6 Å². The van der Waals surface area contributed by atoms with E-state index in [1.54, 1.807) is 60.7 Å². The molecule has 0 aliphatic heterocycles. The maximum atomic E-state index is 13.2. The van der Waals surface area contributed by atoms with Gasteiger partial charge in [-0.1, -0.05) is 36.4 Å². The number of anilines is 1. The summed E-state index contributed by atoms with van der Waals surface area (Å²) in [5.74, 6) is -0.914. The second-order valence-electron chi connectivity index (χ2n) is 4.99. The number of carbonyl (C=O) groups is 1. The molecule has 0 saturated carbocycles. The molecule has 0 bridgehead atoms. The van der Waals surface area contributed by atoms with Gasteiger partial charge >= 0.3 is 6.18 Å². The number of nitrogens with one attached hydrogen (secondary N) is 1. The SMILES string of the molecule is O=C(Nc1ccccc1)c1nn(-c2ccccc2)cc1C(F)(F)F. The van der Waals surface area contributed by atoms with Crippen LogP contribution in [0.3, 0.4) is 0 Å². The van der Waals surface area contributed by atoms with Gasteiger partial charge in [-0.25, -0.2) is 4.68 Å². The maximum absolute atomic E-state index is 13.2. The zero-order valence-corrected chi connectivity index (χ0v) is 12.3. The lowest BCUT2D eigenvalue weighted by Gasteiger charge is -2.07. The summed E-state index contributed by atoms with van der Waals surface area (Å²) in [6.07, 6.45) is -3.87. The molecule has 0 saturated heterocycles. The Morgan fingerprint density at radius 1 is 0.958 bits per heavy atom. The summed E-state index contributed by atoms with van der Waals surface area (Å²) in [6, 6.07) is 16.5. The van der Waals surface area contributed by atoms with E-state index in [4.69, 9.17) is 0 Å². The minimum absolute atomic E-state index is 0.393. The molecule has 3 aromatic rings. The Bertz CT molecular complexity index is 843. The second kappa shape index (κ2) is 6.19. The third-order valence-corrected chi connectivity index (χ3v) is 3.29. The first-order chi connectivity index (χ1) is 11.4. The molecule has 2 aromatic carbocycles. The molecule has 4 nitrogen and oxygen atoms in total. The first-order valence-electron chi connectivity index (χ1n) is 7.04. The Labute approximate surface area is 135 Å². The molecule has 1 N–H and O–H groups in total. The number of alkyl halides is 3. The predicted molar refractivity (Wildman–Crippen MR) is 83.0 cm³/mol. The van der Waals surface area contributed by atoms with Crippen LogP contribution >= 0.6 is 0 Å². The first kappa shape index (κ1) is 15.8. The average Bonchev–Trinajstić information content (AvgIpc) is 3.02. The number of aromatic nitrogens is 2. The quantitative estimate of drug-likeness (QED) is 0.784. The zero-order valence-electron chi connectivity index (χ0n) is 12.3. The second-order valence-corrected chi connectivity index (χ2v) is 4.99. The lowest BCUT2D eigenvalue weighted by Crippen LogP contribution is -2.18. The molecule has 0 unspecified atom stereocenters. The van der Waals surface area contributed by atoms with Crippen molar-refractivity contribution in [3.8, 4) is 5.69 Å². The largest absolute Gasteiger partial charge is 0.420 e. The van der Waals surface area contributed by atoms with E-state index >= 15 is 0 Å². The van der Waals surface area contributed by atoms with Crippen molar-refractivity contribution < 1.29 is 18.0 Å². The Hall–Kier alpha value is -3.09. The third kappa shape index (κ3) is 3.29. The number of nitrogens with zero attached hydrogens (tertiary/aromatic N) is 2. The summed E-state index contributed by atoms with van der Waals surface area (Å²) in [5, 5.41) is 6.25. The summed E-state index contributed by atoms with van der Waals surface area (Å²) in [4.78, 5) is 12.2. The number of para-hydroxylation sites is 2. The normalized spacial score (nSPS) is 11.3. The summed E-state index contributed by atoms with van der Waals surface area (Å²) < 4.78 is 40.8. The standard InChI is InChI=1S/C17H12F3N3O/c18-17(19,20)14-11-23(13-9-5-2-6-10-13)22-15(14)16(24)21-12-7-3-1-4-8-12/h1-11H,(H,21,24). The van der Waals surface area contributed by atoms with Crippen LogP contribution in [0, 0.1) is 0 Å². The summed E-state index contributed by atoms with van der Waals surface area (Å²) in [7, 11) is 0. The van der Waals surface area contributed by atoms with Gasteiger partial charge in [-0.15, -0.1) is 0 Å². The number of halogens is 3. The van der Waals surface area contributed by atoms with Gasteiger partial charge in [0, 0.05) is 11.9 Å². The van der Waals surface area contributed by atoms with Crippen LogP contribution in [0.4, 0.5) is 18.9 Å². The average molecular weight is 331 g/mol. The lowest BCUT2D eigenvalue weighted by atomic mass is 10.2. The van der Waals surface area contributed by atoms with E-state index in [1.165, 1.54) is 0 Å². The minimum Gasteiger partial charge on any atom is -0.321 e. The highest BCUT2D eigenvalue weighted by Gasteiger charge is 2.38. The van der Waals surface area contributed by atoms with Crippen molar-refractivity contribution in [1.29, 1.82) is 0 Å². The van der Waals surface area contributed by atoms with Gasteiger partial charge in [-0.2, -0.15) is 18.3 Å². The smallest absolute Gasteiger partial charge is 0.321 e. The van der Waals surface area contributed by atoms with Gasteiger partial charge in [0.25, 0.3) is 5.91 Å². The number of benzene rings is 2. The summed E-state index contributed by atoms with van der Waals surface area (Å²) in [6.45, 7) is 0. The van der Waals surface area contributed by atoms with E-state index in [-0.39, 0.29) is 0 Å². The van der Waals surface area contributed by atoms with Crippen LogP contribution in [-0.4, -0.2) is 15.7 Å². The highest BCUT2D eigenvalue weighted by atomic mass is 19.4. The van der Waals surface area contributed by atoms with E-state index in [0.717, 1.165) is 10.9 Å². The summed E-state index contributed by atoms with van der Waals surface area (Å²) in [5.41, 5.74) is -0.929. The highest BCUT2D eigenvalue weighted by molar-refractivity contribution is 6.04. The molecule has 122 valence electrons. The van der Waals surface area contributed by atoms with Gasteiger partial charge in [-0.05, 0) is 24.3 Å². The van der Waals surface area contributed by atoms with Crippen LogP contribution in [0.5, 0.6) is 0 Å². The molecule has 0 aliphatic carbocycles. The minimum atomic E-state index is -4.68. The molecule has 3 rings (SSSR count). The Balaban J connectivity index is 1.99. The van der Waals surface area contributed by atoms with Crippen LogP contribution < -0.4 is 5.32 Å². The molecule has 0 spiro atoms. The van der Waals surface area contributed by atoms with Gasteiger partial charge in [-0.3, -0.25) is 4.79 Å². The van der Waals surface area contributed by atoms with Crippen molar-refractivity contribution in [2.45, 2.75) is 6.18 Å². The first-order valence-corrected chi connectivity index (χ1v) is 7.04. The van der Waals surface area contributed by atoms with Gasteiger partial charge in [0.1, 0.15) is 5.56 Å². The third-order valence-electron chi connectivity index (χ3n) is 3.29. The van der Waals surface area contributed by atoms with Gasteiger partial charge < -0.3 is 5.32 Å². The lowest BCUT2D eigenvalue weighted by molar-refractivity contribution is -0.137. The maximum Gasteiger partial charge on any atom is 0.420 e. The fraction of sp³-hybridized carbons (Fsp3) is 0.0588. The highest BCUT2D eigenvalue weighted by Crippen LogP contribution is 2.32. The van der Waals surface area contributed by atoms with Crippen LogP contribution in [-0.2, 0) is 6.18 Å². The van der Waals surface area contributed by atoms with Crippen molar-refractivity contribution in [2.24, 2.45) is 0 Å². The molecule has 1 heterocycles. The van der Waals surface area contributed by atoms with Crippen molar-refractivity contribution in [2.75, 3.05) is 5.32 Å². The van der Waals surface area contributed by atoms with E-state index < -0.39 is 23.3 Å². The Kier molecular flexibility index (Phi) is 4.07. The van der Waals surface area contributed by atoms with E-state index in [9.17, 15) is 18.0 Å². The van der Waals surface area contributed by atoms with Gasteiger partial charge in [0.05, 0.1) is 5.69 Å². The molecule has 0 radical (unpaired) electrons. The van der Waals surface area contributed by atoms with Crippen molar-refractivity contribution in [3.05, 3.63) is 78.1 Å². The predicted octanol–water partition coefficient (Wildman–Crippen LogP) is 4.14. The molecule has 24 heavy (non-hydrogen) atoms. The van der Waals surface area contributed by atoms with Crippen LogP contribution in [0.1, 0.15) is 16.1 Å². The summed E-state index contributed by atoms with van der Waals surface area (Å²) >= 11 is 0. The fourth-order valence-electron chi connectivity index (χ4n) is 2.17. The van der Waals surface area contributed by atoms with E-state index in [1.807, 2.05) is 0 Å². The fourth-order valence-corrected chi connectivity index (χ4v) is 2.17. The van der Waals surface area contributed by atoms with Crippen molar-refractivity contribution in [1.82, 2.24) is 9.78 Å². The number of hydrogen-bond acceptors (Lipinski definition) is 2. The molecule has 0 fully saturated rings. The molecular weight excluding hydrogens is 319 g/mol. The van der Waals surface area contributed by atoms with E-state index in [0.29, 0.717) is 11.4 Å². The monoisotopic (exact) mass is 331 g/mol. The zero-order chi connectivity index (χ0) is 17.2. The van der Waals surface area contributed by atoms with Gasteiger partial charge in [0.2, 0.25) is 0 Å². The number of carbonyl (C=O) groups excluding carboxylic acids is 1. The topological polar surface area (TPSA) is 46.9 Å².